The van der Waals surface area contributed by atoms with Gasteiger partial charge in [0.2, 0.25) is 0 Å². The first-order chi connectivity index (χ1) is 23.4. The number of Topliss-reactive ketones (excluding diaryl/α,β-unsaturated/α-hetero) is 1. The van der Waals surface area contributed by atoms with Gasteiger partial charge in [-0.05, 0) is 81.0 Å². The summed E-state index contributed by atoms with van der Waals surface area (Å²) in [5, 5.41) is 16.6. The summed E-state index contributed by atoms with van der Waals surface area (Å²) in [6, 6.07) is 0. The number of carbonyl (C=O) groups excluding carboxylic acids is 3. The van der Waals surface area contributed by atoms with E-state index in [0.717, 1.165) is 67.7 Å². The van der Waals surface area contributed by atoms with Crippen molar-refractivity contribution in [1.29, 1.82) is 0 Å². The van der Waals surface area contributed by atoms with E-state index in [4.69, 9.17) is 9.47 Å². The van der Waals surface area contributed by atoms with Crippen molar-refractivity contribution in [2.24, 2.45) is 17.8 Å². The van der Waals surface area contributed by atoms with E-state index in [9.17, 15) is 19.5 Å². The summed E-state index contributed by atoms with van der Waals surface area (Å²) in [5.74, 6) is -3.74. The zero-order valence-corrected chi connectivity index (χ0v) is 29.1. The quantitative estimate of drug-likeness (QED) is 0.137. The molecular formula is C39H44N4O6. The molecule has 0 saturated carbocycles. The number of aromatic nitrogens is 3. The fourth-order valence-corrected chi connectivity index (χ4v) is 7.59. The van der Waals surface area contributed by atoms with Crippen LogP contribution in [0.15, 0.2) is 30.1 Å². The monoisotopic (exact) mass is 664 g/mol. The standard InChI is InChI=1S/C39H44N4O6/c1-9-12-13-49-38(46)31(44)14-24-20(6)27-15-25-18(4)22(10-2)29(40-25)16-26-19(5)23(11-3)30(41-26)17-28-21(7)32-36(43-28)33(35(24)42-27)34(37(32)45)39(47)48-8/h9-10,12,15-17,20,24,31,34,40-44H,2,11,13-14H2,1,3-8H3/b12-9+,26-16-,27-15-,30-17-,35-33-/t20-,24-,31-,34+/m0/s1. The molecule has 0 unspecified atom stereocenters. The second-order valence-corrected chi connectivity index (χ2v) is 13.0. The number of methoxy groups -OCH3 is 1. The van der Waals surface area contributed by atoms with Gasteiger partial charge in [0.25, 0.3) is 0 Å². The normalized spacial score (nSPS) is 24.0. The number of aliphatic hydroxyl groups is 1. The van der Waals surface area contributed by atoms with Gasteiger partial charge in [-0.1, -0.05) is 38.7 Å². The highest BCUT2D eigenvalue weighted by atomic mass is 16.5. The second-order valence-electron chi connectivity index (χ2n) is 13.0. The molecule has 10 heteroatoms. The van der Waals surface area contributed by atoms with Crippen molar-refractivity contribution in [2.75, 3.05) is 13.7 Å². The van der Waals surface area contributed by atoms with Crippen LogP contribution in [-0.4, -0.2) is 57.6 Å². The lowest BCUT2D eigenvalue weighted by Gasteiger charge is -2.21. The SMILES string of the molecule is C=Cc1c2[nH]c(c1C)/C=C1\N/C(=C3\c4[nH]c(c(C)c4C(=O)[C@@H]3C(=O)OC)/C=c3\[nH]/c(c(C)c3CC)=C\2)[C@@H](C[C@H](O)C(=O)OC/C=C/C)[C@@H]1C. The van der Waals surface area contributed by atoms with Crippen LogP contribution in [0.5, 0.6) is 0 Å². The number of hydrogen-bond donors (Lipinski definition) is 5. The summed E-state index contributed by atoms with van der Waals surface area (Å²) in [7, 11) is 1.27. The van der Waals surface area contributed by atoms with E-state index in [1.54, 1.807) is 12.2 Å². The number of hydrogen-bond acceptors (Lipinski definition) is 7. The van der Waals surface area contributed by atoms with E-state index in [1.165, 1.54) is 7.11 Å². The van der Waals surface area contributed by atoms with Gasteiger partial charge in [0.1, 0.15) is 12.5 Å². The summed E-state index contributed by atoms with van der Waals surface area (Å²) in [6.07, 6.45) is 10.8. The molecule has 3 aromatic heterocycles. The Morgan fingerprint density at radius 2 is 1.73 bits per heavy atom. The predicted octanol–water partition coefficient (Wildman–Crippen LogP) is 4.24. The number of esters is 2. The van der Waals surface area contributed by atoms with Gasteiger partial charge in [0.15, 0.2) is 11.9 Å². The largest absolute Gasteiger partial charge is 0.468 e. The molecule has 1 saturated heterocycles. The van der Waals surface area contributed by atoms with Crippen molar-refractivity contribution in [3.63, 3.8) is 0 Å². The van der Waals surface area contributed by atoms with E-state index < -0.39 is 29.9 Å². The fourth-order valence-electron chi connectivity index (χ4n) is 7.59. The number of allylic oxidation sites excluding steroid dienone is 3. The van der Waals surface area contributed by atoms with Gasteiger partial charge in [-0.15, -0.1) is 0 Å². The van der Waals surface area contributed by atoms with Crippen LogP contribution in [0.2, 0.25) is 0 Å². The number of carbonyl (C=O) groups is 3. The van der Waals surface area contributed by atoms with Gasteiger partial charge in [0, 0.05) is 67.7 Å². The molecule has 256 valence electrons. The first-order valence-electron chi connectivity index (χ1n) is 16.7. The minimum Gasteiger partial charge on any atom is -0.468 e. The topological polar surface area (TPSA) is 149 Å². The van der Waals surface area contributed by atoms with Gasteiger partial charge in [-0.25, -0.2) is 4.79 Å². The Morgan fingerprint density at radius 1 is 1.02 bits per heavy atom. The smallest absolute Gasteiger partial charge is 0.335 e. The molecule has 5 heterocycles. The van der Waals surface area contributed by atoms with Crippen LogP contribution in [0.3, 0.4) is 0 Å². The number of rotatable bonds is 8. The van der Waals surface area contributed by atoms with E-state index in [1.807, 2.05) is 45.9 Å². The van der Waals surface area contributed by atoms with Crippen molar-refractivity contribution in [1.82, 2.24) is 20.3 Å². The second kappa shape index (κ2) is 13.1. The summed E-state index contributed by atoms with van der Waals surface area (Å²) in [4.78, 5) is 51.2. The number of nitrogens with one attached hydrogen (secondary N) is 4. The summed E-state index contributed by atoms with van der Waals surface area (Å²) >= 11 is 0. The average molecular weight is 665 g/mol. The van der Waals surface area contributed by atoms with Crippen LogP contribution in [0.25, 0.3) is 29.9 Å². The zero-order chi connectivity index (χ0) is 35.3. The molecule has 4 atom stereocenters. The molecule has 3 aromatic rings. The molecule has 0 spiro atoms. The lowest BCUT2D eigenvalue weighted by molar-refractivity contribution is -0.153. The molecule has 1 fully saturated rings. The number of H-pyrrole nitrogens is 3. The van der Waals surface area contributed by atoms with Crippen LogP contribution in [0, 0.1) is 38.5 Å². The fraction of sp³-hybridized carbons (Fsp3) is 0.359. The van der Waals surface area contributed by atoms with E-state index in [0.29, 0.717) is 22.5 Å². The number of ether oxygens (including phenoxy) is 2. The lowest BCUT2D eigenvalue weighted by atomic mass is 9.84. The molecule has 3 aliphatic rings. The third kappa shape index (κ3) is 5.53. The summed E-state index contributed by atoms with van der Waals surface area (Å²) in [6.45, 7) is 16.1. The van der Waals surface area contributed by atoms with E-state index >= 15 is 0 Å². The number of aromatic amines is 3. The predicted molar refractivity (Wildman–Crippen MR) is 189 cm³/mol. The Hall–Kier alpha value is -5.09. The van der Waals surface area contributed by atoms with E-state index in [-0.39, 0.29) is 24.7 Å². The molecule has 6 rings (SSSR count). The maximum absolute atomic E-state index is 14.2. The van der Waals surface area contributed by atoms with Crippen molar-refractivity contribution in [2.45, 2.75) is 60.5 Å². The molecule has 8 bridgehead atoms. The molecule has 1 aliphatic carbocycles. The van der Waals surface area contributed by atoms with Crippen LogP contribution >= 0.6 is 0 Å². The Labute approximate surface area is 285 Å². The molecule has 49 heavy (non-hydrogen) atoms. The maximum Gasteiger partial charge on any atom is 0.335 e. The van der Waals surface area contributed by atoms with Crippen LogP contribution in [0.4, 0.5) is 0 Å². The Kier molecular flexibility index (Phi) is 9.02. The van der Waals surface area contributed by atoms with Crippen molar-refractivity contribution in [3.05, 3.63) is 97.0 Å². The first-order valence-corrected chi connectivity index (χ1v) is 16.7. The molecule has 2 aliphatic heterocycles. The Morgan fingerprint density at radius 3 is 2.41 bits per heavy atom. The van der Waals surface area contributed by atoms with Crippen molar-refractivity contribution < 1.29 is 29.0 Å². The third-order valence-electron chi connectivity index (χ3n) is 10.4. The van der Waals surface area contributed by atoms with Crippen LogP contribution in [-0.2, 0) is 25.5 Å². The molecular weight excluding hydrogens is 620 g/mol. The highest BCUT2D eigenvalue weighted by Gasteiger charge is 2.49. The van der Waals surface area contributed by atoms with Gasteiger partial charge >= 0.3 is 11.9 Å². The van der Waals surface area contributed by atoms with E-state index in [2.05, 4.69) is 46.8 Å². The summed E-state index contributed by atoms with van der Waals surface area (Å²) in [5.41, 5.74) is 10.3. The van der Waals surface area contributed by atoms with Crippen LogP contribution < -0.4 is 16.0 Å². The minimum atomic E-state index is -1.44. The molecule has 0 radical (unpaired) electrons. The zero-order valence-electron chi connectivity index (χ0n) is 29.1. The van der Waals surface area contributed by atoms with Gasteiger partial charge < -0.3 is 34.8 Å². The van der Waals surface area contributed by atoms with Crippen molar-refractivity contribution in [3.8, 4) is 0 Å². The van der Waals surface area contributed by atoms with Gasteiger partial charge in [-0.2, -0.15) is 0 Å². The Balaban J connectivity index is 1.66. The molecule has 0 amide bonds. The highest BCUT2D eigenvalue weighted by molar-refractivity contribution is 6.24. The molecule has 5 N–H and O–H groups in total. The first kappa shape index (κ1) is 33.8. The van der Waals surface area contributed by atoms with Crippen molar-refractivity contribution >= 4 is 47.6 Å². The van der Waals surface area contributed by atoms with Crippen LogP contribution in [0.1, 0.15) is 88.1 Å². The third-order valence-corrected chi connectivity index (χ3v) is 10.4. The summed E-state index contributed by atoms with van der Waals surface area (Å²) < 4.78 is 10.5. The number of fused-ring (bicyclic) bond motifs is 7. The average Bonchev–Trinajstić information content (AvgIpc) is 3.82. The number of ketones is 1. The van der Waals surface area contributed by atoms with Gasteiger partial charge in [-0.3, -0.25) is 9.59 Å². The maximum atomic E-state index is 14.2. The van der Waals surface area contributed by atoms with Gasteiger partial charge in [0.05, 0.1) is 12.8 Å². The molecule has 10 nitrogen and oxygen atoms in total. The highest BCUT2D eigenvalue weighted by Crippen LogP contribution is 2.48. The minimum absolute atomic E-state index is 0.000155. The lowest BCUT2D eigenvalue weighted by Crippen LogP contribution is -2.29. The number of aliphatic hydroxyl groups excluding tert-OH is 1. The molecule has 0 aromatic carbocycles. The Bertz CT molecular complexity index is 2120.